The zero-order chi connectivity index (χ0) is 91.8. The molecule has 39 heteroatoms. The maximum Gasteiger partial charge on any atom is 0.307 e. The maximum atomic E-state index is 12.9. The number of nitrogen functional groups attached to an aromatic ring is 2. The molecule has 0 atom stereocenters. The molecule has 7 heterocycles. The molecule has 0 radical (unpaired) electrons. The van der Waals surface area contributed by atoms with Gasteiger partial charge in [0.05, 0.1) is 95.0 Å². The summed E-state index contributed by atoms with van der Waals surface area (Å²) in [7, 11) is 9.43. The first-order valence-electron chi connectivity index (χ1n) is 39.1. The molecule has 1 saturated heterocycles. The van der Waals surface area contributed by atoms with Crippen LogP contribution >= 0.6 is 11.6 Å². The third-order valence-electron chi connectivity index (χ3n) is 18.1. The number of halogens is 2. The molecule has 0 unspecified atom stereocenters. The lowest BCUT2D eigenvalue weighted by molar-refractivity contribution is -0.385. The van der Waals surface area contributed by atoms with Crippen LogP contribution < -0.4 is 71.7 Å². The summed E-state index contributed by atoms with van der Waals surface area (Å²) in [4.78, 5) is 124. The second kappa shape index (κ2) is 52.5. The zero-order valence-corrected chi connectivity index (χ0v) is 71.3. The average molecular weight is 1780 g/mol. The number of carboxylic acid groups (broad SMARTS) is 1. The number of benzene rings is 7. The SMILES string of the molecule is C.C1CCOC1.C=CC(=O)Nc1cccc(Oc2nc(Cl)ncc2OC)c1.C=CC(=O)Nc1cccc(Oc2nc(Nc3ccc4c(c3)CC(=O)N4CCC)ncc2OC)c1.COCCN.COCCN1C(=O)Cc2cc(N)ccc21.COCCN1C(=O)Cc2cc(N)ccc21.COCCN1C(=O)Cc2cc([N+](=O)[O-])ccc21.O=C(O)Cc1cc([N+](=O)[O-])ccc1F. The Morgan fingerprint density at radius 1 is 0.559 bits per heavy atom. The molecular formula is C88H104ClFN16O21. The van der Waals surface area contributed by atoms with Crippen LogP contribution in [0, 0.1) is 26.0 Å². The molecule has 14 rings (SSSR count). The number of hydrogen-bond acceptors (Lipinski definition) is 28. The molecule has 6 amide bonds. The molecule has 9 aromatic rings. The highest BCUT2D eigenvalue weighted by molar-refractivity contribution is 6.28. The van der Waals surface area contributed by atoms with E-state index in [-0.39, 0.29) is 83.3 Å². The normalized spacial score (nSPS) is 12.5. The van der Waals surface area contributed by atoms with Crippen molar-refractivity contribution in [2.24, 2.45) is 5.73 Å². The number of nitro benzene ring substituents is 2. The van der Waals surface area contributed by atoms with Crippen molar-refractivity contribution >= 4 is 122 Å². The Hall–Kier alpha value is -14.2. The van der Waals surface area contributed by atoms with E-state index in [1.807, 2.05) is 59.5 Å². The quantitative estimate of drug-likeness (QED) is 0.00752. The Kier molecular flexibility index (Phi) is 42.0. The van der Waals surface area contributed by atoms with Crippen LogP contribution in [0.5, 0.6) is 34.8 Å². The second-order valence-electron chi connectivity index (χ2n) is 27.1. The molecule has 0 aliphatic carbocycles. The molecule has 0 saturated carbocycles. The number of carbonyl (C=O) groups is 7. The van der Waals surface area contributed by atoms with Crippen molar-refractivity contribution in [3.63, 3.8) is 0 Å². The van der Waals surface area contributed by atoms with E-state index in [0.29, 0.717) is 136 Å². The number of methoxy groups -OCH3 is 6. The summed E-state index contributed by atoms with van der Waals surface area (Å²) < 4.78 is 59.2. The third kappa shape index (κ3) is 31.5. The van der Waals surface area contributed by atoms with E-state index in [9.17, 15) is 58.2 Å². The number of ether oxygens (including phenoxy) is 9. The van der Waals surface area contributed by atoms with Crippen molar-refractivity contribution in [1.82, 2.24) is 19.9 Å². The lowest BCUT2D eigenvalue weighted by atomic mass is 10.1. The fourth-order valence-electron chi connectivity index (χ4n) is 12.3. The molecule has 5 aliphatic heterocycles. The molecule has 7 aromatic carbocycles. The van der Waals surface area contributed by atoms with Crippen LogP contribution in [0.4, 0.5) is 72.9 Å². The number of fused-ring (bicyclic) bond motifs is 4. The fourth-order valence-corrected chi connectivity index (χ4v) is 12.4. The number of carbonyl (C=O) groups excluding carboxylic acids is 6. The van der Waals surface area contributed by atoms with Gasteiger partial charge in [0.15, 0.2) is 11.5 Å². The number of rotatable bonds is 29. The number of carboxylic acids is 1. The van der Waals surface area contributed by atoms with Crippen molar-refractivity contribution in [1.29, 1.82) is 0 Å². The third-order valence-corrected chi connectivity index (χ3v) is 18.3. The maximum absolute atomic E-state index is 12.9. The summed E-state index contributed by atoms with van der Waals surface area (Å²) >= 11 is 5.73. The summed E-state index contributed by atoms with van der Waals surface area (Å²) in [6, 6.07) is 37.8. The zero-order valence-electron chi connectivity index (χ0n) is 70.5. The first-order chi connectivity index (χ1) is 60.6. The monoisotopic (exact) mass is 1770 g/mol. The van der Waals surface area contributed by atoms with Crippen LogP contribution in [0.2, 0.25) is 5.28 Å². The molecule has 10 N–H and O–H groups in total. The predicted molar refractivity (Wildman–Crippen MR) is 480 cm³/mol. The largest absolute Gasteiger partial charge is 0.490 e. The molecule has 0 bridgehead atoms. The highest BCUT2D eigenvalue weighted by atomic mass is 35.5. The Morgan fingerprint density at radius 2 is 0.976 bits per heavy atom. The number of non-ortho nitro benzene ring substituents is 2. The van der Waals surface area contributed by atoms with Crippen molar-refractivity contribution in [3.8, 4) is 34.8 Å². The minimum absolute atomic E-state index is 0. The van der Waals surface area contributed by atoms with Crippen LogP contribution in [0.1, 0.15) is 61.4 Å². The average Bonchev–Trinajstić information content (AvgIpc) is 1.73. The van der Waals surface area contributed by atoms with E-state index < -0.39 is 28.1 Å². The number of nitrogens with one attached hydrogen (secondary N) is 3. The van der Waals surface area contributed by atoms with Gasteiger partial charge in [0, 0.05) is 168 Å². The molecule has 1 fully saturated rings. The van der Waals surface area contributed by atoms with Gasteiger partial charge in [-0.1, -0.05) is 39.6 Å². The fraction of sp³-hybridized carbons (Fsp3) is 0.307. The molecule has 676 valence electrons. The molecule has 37 nitrogen and oxygen atoms in total. The van der Waals surface area contributed by atoms with Gasteiger partial charge in [-0.15, -0.1) is 0 Å². The second-order valence-corrected chi connectivity index (χ2v) is 27.5. The van der Waals surface area contributed by atoms with E-state index in [2.05, 4.69) is 60.7 Å². The van der Waals surface area contributed by atoms with Crippen LogP contribution in [-0.4, -0.2) is 191 Å². The van der Waals surface area contributed by atoms with Crippen molar-refractivity contribution < 1.29 is 95.5 Å². The van der Waals surface area contributed by atoms with Crippen LogP contribution in [0.25, 0.3) is 0 Å². The Labute approximate surface area is 738 Å². The Morgan fingerprint density at radius 3 is 1.39 bits per heavy atom. The predicted octanol–water partition coefficient (Wildman–Crippen LogP) is 12.6. The van der Waals surface area contributed by atoms with Gasteiger partial charge >= 0.3 is 5.97 Å². The number of hydrogen-bond donors (Lipinski definition) is 7. The smallest absolute Gasteiger partial charge is 0.307 e. The number of aromatic nitrogens is 4. The standard InChI is InChI=1S/C25H25N5O4.C14H12ClN3O3.C11H12N2O4.2C11H14N2O2.C8H6FNO4.C4H8O.C3H9NO.CH4/c1-4-11-30-20-10-9-18(12-16(20)13-23(30)32)28-25-26-15-21(33-3)24(29-25)34-19-8-6-7-17(14-19)27-22(31)5-2;1-3-12(19)17-9-5-4-6-10(7-9)21-13-11(20-2)8-16-14(15)18-13;1-17-5-4-12-10-3-2-9(13(15)16)6-8(10)7-11(12)14;2*1-15-5-4-13-10-3-2-9(12)6-8(10)7-11(13)14;9-7-2-1-6(10(13)14)3-5(7)4-8(11)12;1-2-4-5-3-1;1-5-3-2-4;/h5-10,12,14-15H,2,4,11,13H2,1,3H3,(H,27,31)(H,26,28,29);3-8H,1H2,2H3,(H,17,19);2-3,6H,4-5,7H2,1H3;2*2-3,6H,4-5,7,12H2,1H3;1-3H,4H2,(H,11,12);1-4H2;2-4H2,1H3;1H4. The van der Waals surface area contributed by atoms with Gasteiger partial charge < -0.3 is 100 Å². The van der Waals surface area contributed by atoms with Gasteiger partial charge in [-0.2, -0.15) is 9.97 Å². The molecule has 127 heavy (non-hydrogen) atoms. The van der Waals surface area contributed by atoms with E-state index in [0.717, 1.165) is 83.0 Å². The number of nitrogens with zero attached hydrogens (tertiary/aromatic N) is 10. The highest BCUT2D eigenvalue weighted by Crippen LogP contribution is 2.38. The molecule has 0 spiro atoms. The first-order valence-corrected chi connectivity index (χ1v) is 39.4. The number of amides is 6. The van der Waals surface area contributed by atoms with Gasteiger partial charge in [-0.25, -0.2) is 14.4 Å². The number of nitro groups is 2. The van der Waals surface area contributed by atoms with Crippen LogP contribution in [0.3, 0.4) is 0 Å². The minimum atomic E-state index is -1.23. The number of nitrogens with two attached hydrogens (primary N) is 3. The van der Waals surface area contributed by atoms with Crippen LogP contribution in [0.15, 0.2) is 177 Å². The lowest BCUT2D eigenvalue weighted by Crippen LogP contribution is -2.30. The minimum Gasteiger partial charge on any atom is -0.490 e. The van der Waals surface area contributed by atoms with Crippen LogP contribution in [-0.2, 0) is 89.4 Å². The van der Waals surface area contributed by atoms with Crippen molar-refractivity contribution in [2.75, 3.05) is 162 Å². The number of aliphatic carboxylic acids is 1. The topological polar surface area (TPSA) is 488 Å². The summed E-state index contributed by atoms with van der Waals surface area (Å²) in [6.45, 7) is 16.1. The highest BCUT2D eigenvalue weighted by Gasteiger charge is 2.31. The van der Waals surface area contributed by atoms with E-state index >= 15 is 0 Å². The lowest BCUT2D eigenvalue weighted by Gasteiger charge is -2.16. The Bertz CT molecular complexity index is 5200. The summed E-state index contributed by atoms with van der Waals surface area (Å²) in [6.07, 6.45) is 9.68. The van der Waals surface area contributed by atoms with Gasteiger partial charge in [-0.05, 0) is 156 Å². The van der Waals surface area contributed by atoms with Gasteiger partial charge in [0.1, 0.15) is 17.3 Å². The van der Waals surface area contributed by atoms with E-state index in [1.165, 1.54) is 63.7 Å². The van der Waals surface area contributed by atoms with Crippen molar-refractivity contribution in [3.05, 3.63) is 236 Å². The summed E-state index contributed by atoms with van der Waals surface area (Å²) in [5, 5.41) is 37.8. The first kappa shape index (κ1) is 102. The molecular weight excluding hydrogens is 1670 g/mol. The summed E-state index contributed by atoms with van der Waals surface area (Å²) in [5.74, 6) is -0.00408. The molecule has 2 aromatic heterocycles. The van der Waals surface area contributed by atoms with Gasteiger partial charge in [0.2, 0.25) is 46.7 Å². The summed E-state index contributed by atoms with van der Waals surface area (Å²) in [5.41, 5.74) is 26.5. The van der Waals surface area contributed by atoms with E-state index in [4.69, 9.17) is 71.8 Å². The van der Waals surface area contributed by atoms with E-state index in [1.54, 1.807) is 97.7 Å². The Balaban J connectivity index is 0.000000236. The molecule has 5 aliphatic rings. The number of anilines is 10. The van der Waals surface area contributed by atoms with Gasteiger partial charge in [0.25, 0.3) is 23.1 Å². The van der Waals surface area contributed by atoms with Gasteiger partial charge in [-0.3, -0.25) is 53.8 Å². The van der Waals surface area contributed by atoms with Crippen molar-refractivity contribution in [2.45, 2.75) is 65.7 Å².